The molecule has 1 unspecified atom stereocenters. The molecule has 0 aromatic heterocycles. The lowest BCUT2D eigenvalue weighted by molar-refractivity contribution is 0.0922. The molecule has 23 heavy (non-hydrogen) atoms. The third-order valence-corrected chi connectivity index (χ3v) is 3.24. The van der Waals surface area contributed by atoms with E-state index in [4.69, 9.17) is 9.84 Å². The van der Waals surface area contributed by atoms with E-state index in [9.17, 15) is 4.79 Å². The van der Waals surface area contributed by atoms with Crippen LogP contribution in [0.4, 0.5) is 5.69 Å². The van der Waals surface area contributed by atoms with E-state index >= 15 is 0 Å². The average Bonchev–Trinajstić information content (AvgIpc) is 2.60. The average molecular weight is 314 g/mol. The molecule has 0 aliphatic carbocycles. The summed E-state index contributed by atoms with van der Waals surface area (Å²) in [6, 6.07) is 16.6. The fraction of sp³-hybridized carbons (Fsp3) is 0.278. The molecule has 5 heteroatoms. The zero-order valence-electron chi connectivity index (χ0n) is 13.2. The molecule has 0 bridgehead atoms. The number of carbonyl (C=O) groups excluding carboxylic acids is 1. The number of aliphatic hydroxyl groups excluding tert-OH is 1. The van der Waals surface area contributed by atoms with Crippen LogP contribution < -0.4 is 15.4 Å². The molecule has 0 radical (unpaired) electrons. The summed E-state index contributed by atoms with van der Waals surface area (Å²) in [6.07, 6.45) is 0. The van der Waals surface area contributed by atoms with Crippen molar-refractivity contribution in [3.8, 4) is 5.75 Å². The summed E-state index contributed by atoms with van der Waals surface area (Å²) in [4.78, 5) is 11.9. The highest BCUT2D eigenvalue weighted by atomic mass is 16.5. The zero-order chi connectivity index (χ0) is 16.5. The number of aliphatic hydroxyl groups is 1. The molecule has 1 amide bonds. The van der Waals surface area contributed by atoms with E-state index in [0.717, 1.165) is 11.4 Å². The highest BCUT2D eigenvalue weighted by Gasteiger charge is 2.08. The van der Waals surface area contributed by atoms with Gasteiger partial charge in [-0.05, 0) is 43.3 Å². The van der Waals surface area contributed by atoms with Gasteiger partial charge < -0.3 is 20.5 Å². The Bertz CT molecular complexity index is 599. The minimum Gasteiger partial charge on any atom is -0.492 e. The Labute approximate surface area is 136 Å². The predicted molar refractivity (Wildman–Crippen MR) is 90.9 cm³/mol. The van der Waals surface area contributed by atoms with Crippen LogP contribution in [-0.2, 0) is 0 Å². The number of carbonyl (C=O) groups is 1. The minimum absolute atomic E-state index is 0.0766. The molecule has 2 rings (SSSR count). The molecule has 0 spiro atoms. The van der Waals surface area contributed by atoms with Crippen molar-refractivity contribution in [1.82, 2.24) is 5.32 Å². The molecule has 0 saturated heterocycles. The smallest absolute Gasteiger partial charge is 0.251 e. The van der Waals surface area contributed by atoms with Gasteiger partial charge in [-0.25, -0.2) is 0 Å². The van der Waals surface area contributed by atoms with Crippen molar-refractivity contribution in [2.75, 3.05) is 25.1 Å². The lowest BCUT2D eigenvalue weighted by atomic mass is 10.2. The second-order valence-corrected chi connectivity index (χ2v) is 5.22. The molecule has 0 saturated carbocycles. The molecular weight excluding hydrogens is 292 g/mol. The number of para-hydroxylation sites is 1. The van der Waals surface area contributed by atoms with Crippen LogP contribution in [0.3, 0.4) is 0 Å². The van der Waals surface area contributed by atoms with Crippen molar-refractivity contribution in [2.24, 2.45) is 0 Å². The largest absolute Gasteiger partial charge is 0.492 e. The number of hydrogen-bond donors (Lipinski definition) is 3. The fourth-order valence-electron chi connectivity index (χ4n) is 1.97. The number of hydrogen-bond acceptors (Lipinski definition) is 4. The molecule has 0 heterocycles. The van der Waals surface area contributed by atoms with Crippen molar-refractivity contribution in [2.45, 2.75) is 13.0 Å². The fourth-order valence-corrected chi connectivity index (χ4v) is 1.97. The Balaban J connectivity index is 1.75. The molecule has 3 N–H and O–H groups in total. The molecule has 0 aliphatic rings. The van der Waals surface area contributed by atoms with E-state index in [2.05, 4.69) is 10.6 Å². The minimum atomic E-state index is -0.254. The summed E-state index contributed by atoms with van der Waals surface area (Å²) < 4.78 is 5.60. The maximum Gasteiger partial charge on any atom is 0.251 e. The lowest BCUT2D eigenvalue weighted by Crippen LogP contribution is -2.34. The van der Waals surface area contributed by atoms with Gasteiger partial charge in [-0.2, -0.15) is 0 Å². The Morgan fingerprint density at radius 2 is 1.83 bits per heavy atom. The van der Waals surface area contributed by atoms with Gasteiger partial charge in [-0.15, -0.1) is 0 Å². The van der Waals surface area contributed by atoms with Crippen molar-refractivity contribution in [3.05, 3.63) is 60.2 Å². The van der Waals surface area contributed by atoms with E-state index < -0.39 is 0 Å². The highest BCUT2D eigenvalue weighted by molar-refractivity contribution is 5.94. The topological polar surface area (TPSA) is 70.6 Å². The first-order chi connectivity index (χ1) is 11.2. The standard InChI is InChI=1S/C18H22N2O3/c1-14(13-21)20-18(22)15-7-9-16(10-8-15)19-11-12-23-17-5-3-2-4-6-17/h2-10,14,19,21H,11-13H2,1H3,(H,20,22). The second kappa shape index (κ2) is 8.80. The van der Waals surface area contributed by atoms with Crippen molar-refractivity contribution in [1.29, 1.82) is 0 Å². The van der Waals surface area contributed by atoms with Crippen LogP contribution in [0.25, 0.3) is 0 Å². The first-order valence-electron chi connectivity index (χ1n) is 7.62. The Kier molecular flexibility index (Phi) is 6.44. The van der Waals surface area contributed by atoms with Crippen LogP contribution in [0, 0.1) is 0 Å². The van der Waals surface area contributed by atoms with Gasteiger partial charge in [0.25, 0.3) is 5.91 Å². The summed E-state index contributed by atoms with van der Waals surface area (Å²) in [5.74, 6) is 0.657. The van der Waals surface area contributed by atoms with E-state index in [1.54, 1.807) is 19.1 Å². The quantitative estimate of drug-likeness (QED) is 0.654. The van der Waals surface area contributed by atoms with Crippen LogP contribution in [0.1, 0.15) is 17.3 Å². The molecular formula is C18H22N2O3. The van der Waals surface area contributed by atoms with E-state index in [-0.39, 0.29) is 18.6 Å². The number of rotatable bonds is 8. The van der Waals surface area contributed by atoms with Crippen LogP contribution in [0.2, 0.25) is 0 Å². The number of ether oxygens (including phenoxy) is 1. The maximum atomic E-state index is 11.9. The highest BCUT2D eigenvalue weighted by Crippen LogP contribution is 2.10. The predicted octanol–water partition coefficient (Wildman–Crippen LogP) is 2.29. The van der Waals surface area contributed by atoms with E-state index in [1.807, 2.05) is 42.5 Å². The van der Waals surface area contributed by atoms with Gasteiger partial charge in [-0.1, -0.05) is 18.2 Å². The number of amides is 1. The Morgan fingerprint density at radius 1 is 1.13 bits per heavy atom. The SMILES string of the molecule is CC(CO)NC(=O)c1ccc(NCCOc2ccccc2)cc1. The summed E-state index contributed by atoms with van der Waals surface area (Å²) in [7, 11) is 0. The molecule has 0 fully saturated rings. The van der Waals surface area contributed by atoms with E-state index in [1.165, 1.54) is 0 Å². The molecule has 2 aromatic carbocycles. The van der Waals surface area contributed by atoms with E-state index in [0.29, 0.717) is 18.7 Å². The van der Waals surface area contributed by atoms with Gasteiger partial charge in [0.05, 0.1) is 6.61 Å². The third kappa shape index (κ3) is 5.64. The van der Waals surface area contributed by atoms with Crippen molar-refractivity contribution < 1.29 is 14.6 Å². The van der Waals surface area contributed by atoms with Crippen molar-refractivity contribution >= 4 is 11.6 Å². The number of anilines is 1. The summed E-state index contributed by atoms with van der Waals surface area (Å²) >= 11 is 0. The lowest BCUT2D eigenvalue weighted by Gasteiger charge is -2.12. The van der Waals surface area contributed by atoms with Gasteiger partial charge in [0.1, 0.15) is 12.4 Å². The van der Waals surface area contributed by atoms with Gasteiger partial charge >= 0.3 is 0 Å². The zero-order valence-corrected chi connectivity index (χ0v) is 13.2. The summed E-state index contributed by atoms with van der Waals surface area (Å²) in [5, 5.41) is 14.9. The third-order valence-electron chi connectivity index (χ3n) is 3.24. The van der Waals surface area contributed by atoms with Crippen LogP contribution in [0.5, 0.6) is 5.75 Å². The number of nitrogens with one attached hydrogen (secondary N) is 2. The molecule has 0 aliphatic heterocycles. The summed E-state index contributed by atoms with van der Waals surface area (Å²) in [5.41, 5.74) is 1.49. The first kappa shape index (κ1) is 16.8. The number of benzene rings is 2. The van der Waals surface area contributed by atoms with Gasteiger partial charge in [0.15, 0.2) is 0 Å². The molecule has 2 aromatic rings. The molecule has 5 nitrogen and oxygen atoms in total. The monoisotopic (exact) mass is 314 g/mol. The van der Waals surface area contributed by atoms with Gasteiger partial charge in [-0.3, -0.25) is 4.79 Å². The van der Waals surface area contributed by atoms with Gasteiger partial charge in [0.2, 0.25) is 0 Å². The van der Waals surface area contributed by atoms with Crippen molar-refractivity contribution in [3.63, 3.8) is 0 Å². The molecule has 122 valence electrons. The van der Waals surface area contributed by atoms with Crippen LogP contribution in [0.15, 0.2) is 54.6 Å². The second-order valence-electron chi connectivity index (χ2n) is 5.22. The first-order valence-corrected chi connectivity index (χ1v) is 7.62. The maximum absolute atomic E-state index is 11.9. The Morgan fingerprint density at radius 3 is 2.48 bits per heavy atom. The van der Waals surface area contributed by atoms with Crippen LogP contribution >= 0.6 is 0 Å². The summed E-state index contributed by atoms with van der Waals surface area (Å²) in [6.45, 7) is 2.90. The normalized spacial score (nSPS) is 11.6. The van der Waals surface area contributed by atoms with Crippen LogP contribution in [-0.4, -0.2) is 36.8 Å². The molecule has 1 atom stereocenters. The Hall–Kier alpha value is -2.53. The van der Waals surface area contributed by atoms with Gasteiger partial charge in [0, 0.05) is 23.8 Å².